The van der Waals surface area contributed by atoms with E-state index < -0.39 is 11.7 Å². The van der Waals surface area contributed by atoms with Crippen LogP contribution in [-0.2, 0) is 23.8 Å². The summed E-state index contributed by atoms with van der Waals surface area (Å²) >= 11 is 0. The Bertz CT molecular complexity index is 669. The standard InChI is InChI=1S/C24H36O5/c1-15(2)21(25)29-24-12-18-9-19(13-24)11-23(10-18,14-24)28-17(4)22(26)27-20-8-6-5-7-16(20)3/h16-20H,1,5-14H2,2-4H3. The summed E-state index contributed by atoms with van der Waals surface area (Å²) in [7, 11) is 0. The van der Waals surface area contributed by atoms with Crippen LogP contribution in [-0.4, -0.2) is 35.3 Å². The fourth-order valence-electron chi connectivity index (χ4n) is 6.76. The lowest BCUT2D eigenvalue weighted by molar-refractivity contribution is -0.245. The minimum atomic E-state index is -0.589. The van der Waals surface area contributed by atoms with Crippen LogP contribution >= 0.6 is 0 Å². The van der Waals surface area contributed by atoms with E-state index in [2.05, 4.69) is 13.5 Å². The monoisotopic (exact) mass is 404 g/mol. The Balaban J connectivity index is 1.43. The van der Waals surface area contributed by atoms with Gasteiger partial charge in [0.25, 0.3) is 0 Å². The Labute approximate surface area is 174 Å². The van der Waals surface area contributed by atoms with Crippen LogP contribution in [0.1, 0.15) is 85.0 Å². The van der Waals surface area contributed by atoms with Crippen molar-refractivity contribution in [2.75, 3.05) is 0 Å². The maximum absolute atomic E-state index is 12.8. The maximum Gasteiger partial charge on any atom is 0.335 e. The van der Waals surface area contributed by atoms with E-state index in [1.54, 1.807) is 6.92 Å². The molecule has 29 heavy (non-hydrogen) atoms. The molecule has 0 aliphatic heterocycles. The number of hydrogen-bond donors (Lipinski definition) is 0. The molecule has 0 N–H and O–H groups in total. The van der Waals surface area contributed by atoms with Gasteiger partial charge in [0.15, 0.2) is 6.10 Å². The highest BCUT2D eigenvalue weighted by Crippen LogP contribution is 2.60. The first kappa shape index (κ1) is 20.9. The van der Waals surface area contributed by atoms with E-state index >= 15 is 0 Å². The van der Waals surface area contributed by atoms with E-state index in [-0.39, 0.29) is 23.6 Å². The van der Waals surface area contributed by atoms with Crippen LogP contribution in [0.2, 0.25) is 0 Å². The van der Waals surface area contributed by atoms with Crippen molar-refractivity contribution in [3.8, 4) is 0 Å². The van der Waals surface area contributed by atoms with Crippen molar-refractivity contribution >= 4 is 11.9 Å². The SMILES string of the molecule is C=C(C)C(=O)OC12CC3CC(C1)CC(OC(C)C(=O)OC1CCCCC1C)(C3)C2. The predicted octanol–water partition coefficient (Wildman–Crippen LogP) is 4.72. The van der Waals surface area contributed by atoms with Gasteiger partial charge in [-0.15, -0.1) is 0 Å². The summed E-state index contributed by atoms with van der Waals surface area (Å²) in [4.78, 5) is 25.1. The van der Waals surface area contributed by atoms with Gasteiger partial charge in [0.1, 0.15) is 11.7 Å². The van der Waals surface area contributed by atoms with Gasteiger partial charge in [-0.1, -0.05) is 19.9 Å². The zero-order valence-corrected chi connectivity index (χ0v) is 18.2. The zero-order chi connectivity index (χ0) is 20.8. The second kappa shape index (κ2) is 7.72. The highest BCUT2D eigenvalue weighted by molar-refractivity contribution is 5.87. The molecule has 5 atom stereocenters. The first-order chi connectivity index (χ1) is 13.7. The Kier molecular flexibility index (Phi) is 5.56. The molecule has 0 radical (unpaired) electrons. The maximum atomic E-state index is 12.8. The Morgan fingerprint density at radius 2 is 1.66 bits per heavy atom. The highest BCUT2D eigenvalue weighted by atomic mass is 16.6. The molecule has 5 fully saturated rings. The second-order valence-electron chi connectivity index (χ2n) is 10.5. The summed E-state index contributed by atoms with van der Waals surface area (Å²) in [5.74, 6) is 0.865. The fraction of sp³-hybridized carbons (Fsp3) is 0.833. The lowest BCUT2D eigenvalue weighted by Gasteiger charge is -2.61. The third-order valence-corrected chi connectivity index (χ3v) is 7.67. The molecule has 5 nitrogen and oxygen atoms in total. The number of carbonyl (C=O) groups is 2. The average molecular weight is 405 g/mol. The molecule has 5 unspecified atom stereocenters. The zero-order valence-electron chi connectivity index (χ0n) is 18.2. The fourth-order valence-corrected chi connectivity index (χ4v) is 6.76. The molecule has 5 rings (SSSR count). The van der Waals surface area contributed by atoms with Crippen LogP contribution in [0.5, 0.6) is 0 Å². The number of rotatable bonds is 6. The van der Waals surface area contributed by atoms with Gasteiger partial charge in [-0.3, -0.25) is 0 Å². The molecule has 0 aromatic carbocycles. The minimum absolute atomic E-state index is 0.0153. The highest BCUT2D eigenvalue weighted by Gasteiger charge is 2.61. The van der Waals surface area contributed by atoms with Crippen molar-refractivity contribution in [3.05, 3.63) is 12.2 Å². The predicted molar refractivity (Wildman–Crippen MR) is 109 cm³/mol. The van der Waals surface area contributed by atoms with Crippen LogP contribution in [0.25, 0.3) is 0 Å². The van der Waals surface area contributed by atoms with E-state index in [0.29, 0.717) is 29.7 Å². The van der Waals surface area contributed by atoms with E-state index in [1.165, 1.54) is 12.8 Å². The smallest absolute Gasteiger partial charge is 0.335 e. The van der Waals surface area contributed by atoms with Crippen molar-refractivity contribution in [2.45, 2.75) is 108 Å². The summed E-state index contributed by atoms with van der Waals surface area (Å²) in [5, 5.41) is 0. The Morgan fingerprint density at radius 1 is 1.03 bits per heavy atom. The van der Waals surface area contributed by atoms with Crippen molar-refractivity contribution in [3.63, 3.8) is 0 Å². The Morgan fingerprint density at radius 3 is 2.28 bits per heavy atom. The summed E-state index contributed by atoms with van der Waals surface area (Å²) in [6.45, 7) is 9.42. The third kappa shape index (κ3) is 4.26. The molecule has 0 spiro atoms. The molecule has 0 saturated heterocycles. The van der Waals surface area contributed by atoms with Gasteiger partial charge < -0.3 is 14.2 Å². The molecular formula is C24H36O5. The second-order valence-corrected chi connectivity index (χ2v) is 10.5. The molecule has 5 heteroatoms. The molecule has 0 aromatic rings. The van der Waals surface area contributed by atoms with Crippen LogP contribution < -0.4 is 0 Å². The first-order valence-electron chi connectivity index (χ1n) is 11.5. The van der Waals surface area contributed by atoms with Crippen molar-refractivity contribution in [1.82, 2.24) is 0 Å². The summed E-state index contributed by atoms with van der Waals surface area (Å²) in [6.07, 6.45) is 9.43. The summed E-state index contributed by atoms with van der Waals surface area (Å²) in [6, 6.07) is 0. The van der Waals surface area contributed by atoms with Gasteiger partial charge in [-0.2, -0.15) is 0 Å². The molecular weight excluding hydrogens is 368 g/mol. The molecule has 0 aromatic heterocycles. The van der Waals surface area contributed by atoms with E-state index in [1.807, 2.05) is 6.92 Å². The molecule has 162 valence electrons. The van der Waals surface area contributed by atoms with Gasteiger partial charge in [-0.05, 0) is 83.0 Å². The lowest BCUT2D eigenvalue weighted by atomic mass is 9.52. The number of esters is 2. The Hall–Kier alpha value is -1.36. The summed E-state index contributed by atoms with van der Waals surface area (Å²) in [5.41, 5.74) is -0.397. The van der Waals surface area contributed by atoms with Gasteiger partial charge in [0.2, 0.25) is 0 Å². The number of carbonyl (C=O) groups excluding carboxylic acids is 2. The van der Waals surface area contributed by atoms with Crippen molar-refractivity contribution < 1.29 is 23.8 Å². The van der Waals surface area contributed by atoms with Crippen molar-refractivity contribution in [2.24, 2.45) is 17.8 Å². The van der Waals surface area contributed by atoms with Crippen molar-refractivity contribution in [1.29, 1.82) is 0 Å². The third-order valence-electron chi connectivity index (χ3n) is 7.67. The molecule has 5 saturated carbocycles. The van der Waals surface area contributed by atoms with Crippen LogP contribution in [0.4, 0.5) is 0 Å². The van der Waals surface area contributed by atoms with Gasteiger partial charge in [0, 0.05) is 12.0 Å². The first-order valence-corrected chi connectivity index (χ1v) is 11.5. The average Bonchev–Trinajstić information content (AvgIpc) is 2.61. The molecule has 5 aliphatic carbocycles. The number of ether oxygens (including phenoxy) is 3. The molecule has 5 aliphatic rings. The van der Waals surface area contributed by atoms with Crippen LogP contribution in [0.15, 0.2) is 12.2 Å². The topological polar surface area (TPSA) is 61.8 Å². The van der Waals surface area contributed by atoms with Crippen LogP contribution in [0, 0.1) is 17.8 Å². The normalized spacial score (nSPS) is 41.6. The van der Waals surface area contributed by atoms with Gasteiger partial charge >= 0.3 is 11.9 Å². The van der Waals surface area contributed by atoms with E-state index in [0.717, 1.165) is 44.9 Å². The van der Waals surface area contributed by atoms with Crippen LogP contribution in [0.3, 0.4) is 0 Å². The summed E-state index contributed by atoms with van der Waals surface area (Å²) < 4.78 is 18.3. The minimum Gasteiger partial charge on any atom is -0.460 e. The van der Waals surface area contributed by atoms with E-state index in [9.17, 15) is 9.59 Å². The number of hydrogen-bond acceptors (Lipinski definition) is 5. The molecule has 4 bridgehead atoms. The largest absolute Gasteiger partial charge is 0.460 e. The lowest BCUT2D eigenvalue weighted by Crippen LogP contribution is -2.62. The van der Waals surface area contributed by atoms with Gasteiger partial charge in [0.05, 0.1) is 5.60 Å². The molecule has 0 heterocycles. The quantitative estimate of drug-likeness (QED) is 0.473. The van der Waals surface area contributed by atoms with E-state index in [4.69, 9.17) is 14.2 Å². The van der Waals surface area contributed by atoms with Gasteiger partial charge in [-0.25, -0.2) is 9.59 Å². The molecule has 0 amide bonds.